The number of hydrogen-bond acceptors (Lipinski definition) is 4. The minimum absolute atomic E-state index is 0.185. The van der Waals surface area contributed by atoms with Crippen molar-refractivity contribution in [3.05, 3.63) is 35.4 Å². The number of rotatable bonds is 6. The minimum Gasteiger partial charge on any atom is -0.333 e. The Hall–Kier alpha value is -2.32. The molecule has 4 amide bonds. The molecule has 0 saturated carbocycles. The van der Waals surface area contributed by atoms with Crippen LogP contribution >= 0.6 is 0 Å². The Balaban J connectivity index is 1.37. The van der Waals surface area contributed by atoms with E-state index in [9.17, 15) is 9.59 Å². The van der Waals surface area contributed by atoms with Gasteiger partial charge in [-0.2, -0.15) is 0 Å². The summed E-state index contributed by atoms with van der Waals surface area (Å²) in [5, 5.41) is 9.24. The van der Waals surface area contributed by atoms with Crippen LogP contribution in [-0.4, -0.2) is 48.3 Å². The Bertz CT molecular complexity index is 490. The molecule has 0 atom stereocenters. The van der Waals surface area contributed by atoms with E-state index in [1.165, 1.54) is 0 Å². The van der Waals surface area contributed by atoms with E-state index in [1.54, 1.807) is 0 Å². The molecule has 2 aliphatic rings. The normalized spacial score (nSPS) is 16.7. The molecule has 3 rings (SSSR count). The number of carbonyl (C=O) groups is 2. The third-order valence-corrected chi connectivity index (χ3v) is 3.34. The largest absolute Gasteiger partial charge is 0.333 e. The maximum absolute atomic E-state index is 11.5. The SMILES string of the molecule is O=C(NCc1ccc(CNC(=O)NN2CC2)cc1)NN1CC1. The second-order valence-electron chi connectivity index (χ2n) is 5.38. The summed E-state index contributed by atoms with van der Waals surface area (Å²) in [7, 11) is 0. The van der Waals surface area contributed by atoms with Crippen molar-refractivity contribution in [2.24, 2.45) is 0 Å². The number of amides is 4. The molecule has 0 aliphatic carbocycles. The van der Waals surface area contributed by atoms with Crippen molar-refractivity contribution >= 4 is 12.1 Å². The number of hydrazine groups is 2. The highest BCUT2D eigenvalue weighted by Gasteiger charge is 2.19. The predicted octanol–water partition coefficient (Wildman–Crippen LogP) is -0.254. The summed E-state index contributed by atoms with van der Waals surface area (Å²) in [5.41, 5.74) is 7.45. The lowest BCUT2D eigenvalue weighted by Gasteiger charge is -2.09. The van der Waals surface area contributed by atoms with Crippen LogP contribution in [0.5, 0.6) is 0 Å². The van der Waals surface area contributed by atoms with Crippen molar-refractivity contribution in [3.8, 4) is 0 Å². The van der Waals surface area contributed by atoms with Gasteiger partial charge in [-0.15, -0.1) is 0 Å². The lowest BCUT2D eigenvalue weighted by molar-refractivity contribution is 0.226. The molecule has 1 aromatic rings. The van der Waals surface area contributed by atoms with Gasteiger partial charge in [0.15, 0.2) is 0 Å². The average Bonchev–Trinajstić information content (AvgIpc) is 3.41. The molecule has 8 heteroatoms. The molecule has 4 N–H and O–H groups in total. The van der Waals surface area contributed by atoms with Gasteiger partial charge in [-0.1, -0.05) is 24.3 Å². The number of carbonyl (C=O) groups excluding carboxylic acids is 2. The first kappa shape index (κ1) is 14.6. The van der Waals surface area contributed by atoms with Crippen LogP contribution in [0.25, 0.3) is 0 Å². The van der Waals surface area contributed by atoms with Crippen LogP contribution in [0.1, 0.15) is 11.1 Å². The van der Waals surface area contributed by atoms with Crippen LogP contribution in [0, 0.1) is 0 Å². The molecular weight excluding hydrogens is 284 g/mol. The average molecular weight is 304 g/mol. The van der Waals surface area contributed by atoms with Gasteiger partial charge >= 0.3 is 12.1 Å². The topological polar surface area (TPSA) is 88.3 Å². The fourth-order valence-corrected chi connectivity index (χ4v) is 1.83. The molecule has 1 aromatic carbocycles. The van der Waals surface area contributed by atoms with Crippen molar-refractivity contribution in [1.82, 2.24) is 31.5 Å². The third-order valence-electron chi connectivity index (χ3n) is 3.34. The van der Waals surface area contributed by atoms with Gasteiger partial charge in [-0.3, -0.25) is 10.9 Å². The van der Waals surface area contributed by atoms with Crippen LogP contribution < -0.4 is 21.5 Å². The summed E-state index contributed by atoms with van der Waals surface area (Å²) < 4.78 is 0. The highest BCUT2D eigenvalue weighted by atomic mass is 16.2. The Kier molecular flexibility index (Phi) is 4.40. The molecule has 8 nitrogen and oxygen atoms in total. The summed E-state index contributed by atoms with van der Waals surface area (Å²) in [5.74, 6) is 0. The van der Waals surface area contributed by atoms with Crippen LogP contribution in [0.3, 0.4) is 0 Å². The lowest BCUT2D eigenvalue weighted by Crippen LogP contribution is -2.38. The van der Waals surface area contributed by atoms with Gasteiger partial charge in [0.1, 0.15) is 0 Å². The number of nitrogens with one attached hydrogen (secondary N) is 4. The van der Waals surface area contributed by atoms with E-state index in [-0.39, 0.29) is 12.1 Å². The summed E-state index contributed by atoms with van der Waals surface area (Å²) >= 11 is 0. The Morgan fingerprint density at radius 3 is 1.45 bits per heavy atom. The molecular formula is C14H20N6O2. The standard InChI is InChI=1S/C14H20N6O2/c21-13(17-19-5-6-19)15-9-11-1-2-12(4-3-11)10-16-14(22)18-20-7-8-20/h1-4H,5-10H2,(H2,15,17,21)(H2,16,18,22). The first-order valence-electron chi connectivity index (χ1n) is 7.36. The van der Waals surface area contributed by atoms with Gasteiger partial charge in [0.2, 0.25) is 0 Å². The molecule has 0 aromatic heterocycles. The fraction of sp³-hybridized carbons (Fsp3) is 0.429. The van der Waals surface area contributed by atoms with Gasteiger partial charge in [-0.05, 0) is 11.1 Å². The first-order chi connectivity index (χ1) is 10.7. The van der Waals surface area contributed by atoms with E-state index >= 15 is 0 Å². The first-order valence-corrected chi connectivity index (χ1v) is 7.36. The van der Waals surface area contributed by atoms with E-state index in [1.807, 2.05) is 34.3 Å². The Morgan fingerprint density at radius 2 is 1.14 bits per heavy atom. The minimum atomic E-state index is -0.185. The van der Waals surface area contributed by atoms with Crippen molar-refractivity contribution in [1.29, 1.82) is 0 Å². The lowest BCUT2D eigenvalue weighted by atomic mass is 10.1. The van der Waals surface area contributed by atoms with Crippen molar-refractivity contribution in [3.63, 3.8) is 0 Å². The van der Waals surface area contributed by atoms with Gasteiger partial charge in [0.25, 0.3) is 0 Å². The summed E-state index contributed by atoms with van der Waals surface area (Å²) in [6.45, 7) is 4.62. The fourth-order valence-electron chi connectivity index (χ4n) is 1.83. The van der Waals surface area contributed by atoms with E-state index in [4.69, 9.17) is 0 Å². The molecule has 0 unspecified atom stereocenters. The van der Waals surface area contributed by atoms with Crippen LogP contribution in [-0.2, 0) is 13.1 Å². The number of benzene rings is 1. The quantitative estimate of drug-likeness (QED) is 0.546. The second kappa shape index (κ2) is 6.63. The highest BCUT2D eigenvalue weighted by molar-refractivity contribution is 5.74. The Morgan fingerprint density at radius 1 is 0.773 bits per heavy atom. The molecule has 22 heavy (non-hydrogen) atoms. The zero-order valence-corrected chi connectivity index (χ0v) is 12.3. The number of hydrogen-bond donors (Lipinski definition) is 4. The van der Waals surface area contributed by atoms with Gasteiger partial charge in [0.05, 0.1) is 0 Å². The summed E-state index contributed by atoms with van der Waals surface area (Å²) in [4.78, 5) is 23.0. The number of nitrogens with zero attached hydrogens (tertiary/aromatic N) is 2. The molecule has 2 saturated heterocycles. The maximum Gasteiger partial charge on any atom is 0.329 e. The smallest absolute Gasteiger partial charge is 0.329 e. The predicted molar refractivity (Wildman–Crippen MR) is 80.3 cm³/mol. The van der Waals surface area contributed by atoms with Crippen molar-refractivity contribution in [2.45, 2.75) is 13.1 Å². The monoisotopic (exact) mass is 304 g/mol. The van der Waals surface area contributed by atoms with E-state index < -0.39 is 0 Å². The Labute approximate surface area is 128 Å². The molecule has 0 spiro atoms. The van der Waals surface area contributed by atoms with E-state index in [0.29, 0.717) is 13.1 Å². The summed E-state index contributed by atoms with van der Waals surface area (Å²) in [6.07, 6.45) is 0. The maximum atomic E-state index is 11.5. The molecule has 118 valence electrons. The van der Waals surface area contributed by atoms with E-state index in [0.717, 1.165) is 37.3 Å². The molecule has 2 fully saturated rings. The summed E-state index contributed by atoms with van der Waals surface area (Å²) in [6, 6.07) is 7.40. The van der Waals surface area contributed by atoms with Crippen LogP contribution in [0.2, 0.25) is 0 Å². The zero-order chi connectivity index (χ0) is 15.4. The van der Waals surface area contributed by atoms with Gasteiger partial charge in [-0.25, -0.2) is 19.6 Å². The molecule has 0 bridgehead atoms. The molecule has 2 heterocycles. The van der Waals surface area contributed by atoms with Crippen LogP contribution in [0.4, 0.5) is 9.59 Å². The van der Waals surface area contributed by atoms with Crippen LogP contribution in [0.15, 0.2) is 24.3 Å². The van der Waals surface area contributed by atoms with E-state index in [2.05, 4.69) is 21.5 Å². The van der Waals surface area contributed by atoms with Gasteiger partial charge in [0, 0.05) is 39.3 Å². The number of urea groups is 2. The molecule has 2 aliphatic heterocycles. The van der Waals surface area contributed by atoms with Crippen molar-refractivity contribution in [2.75, 3.05) is 26.2 Å². The zero-order valence-electron chi connectivity index (χ0n) is 12.3. The second-order valence-corrected chi connectivity index (χ2v) is 5.38. The van der Waals surface area contributed by atoms with Crippen molar-refractivity contribution < 1.29 is 9.59 Å². The highest BCUT2D eigenvalue weighted by Crippen LogP contribution is 2.05. The van der Waals surface area contributed by atoms with Gasteiger partial charge < -0.3 is 10.6 Å². The third kappa shape index (κ3) is 4.90. The molecule has 0 radical (unpaired) electrons.